The Hall–Kier alpha value is -2.65. The molecule has 6 nitrogen and oxygen atoms in total. The molecule has 0 saturated heterocycles. The molecule has 0 aliphatic heterocycles. The molecular formula is C28H33ClN2O4SSi. The van der Waals surface area contributed by atoms with Crippen molar-refractivity contribution in [2.75, 3.05) is 7.11 Å². The number of imidazole rings is 1. The number of benzene rings is 1. The Balaban J connectivity index is 1.57. The largest absolute Gasteiger partial charge is 0.484 e. The van der Waals surface area contributed by atoms with Gasteiger partial charge in [-0.05, 0) is 48.8 Å². The van der Waals surface area contributed by atoms with E-state index in [1.54, 1.807) is 6.20 Å². The van der Waals surface area contributed by atoms with Gasteiger partial charge in [0.1, 0.15) is 17.5 Å². The minimum absolute atomic E-state index is 0.138. The van der Waals surface area contributed by atoms with E-state index in [0.29, 0.717) is 22.3 Å². The van der Waals surface area contributed by atoms with E-state index in [2.05, 4.69) is 38.8 Å². The molecule has 0 saturated carbocycles. The standard InChI is InChI=1S/C28H33ClN2O4SSi/c1-18(20-12-11-19(14-21(20)29)17-34-37(6,7)28(2,3)4)35-23-15-24(36-26(23)27(32)33-5)22-16-30-25-10-8-9-13-31(22)25/h8-16,18H,17H2,1-7H3/t18-/m1/s1. The van der Waals surface area contributed by atoms with E-state index in [-0.39, 0.29) is 5.04 Å². The number of rotatable bonds is 8. The summed E-state index contributed by atoms with van der Waals surface area (Å²) in [5.74, 6) is 0.00290. The van der Waals surface area contributed by atoms with Crippen molar-refractivity contribution >= 4 is 42.9 Å². The molecule has 0 unspecified atom stereocenters. The van der Waals surface area contributed by atoms with Crippen molar-refractivity contribution in [2.24, 2.45) is 0 Å². The molecular weight excluding hydrogens is 524 g/mol. The summed E-state index contributed by atoms with van der Waals surface area (Å²) < 4.78 is 19.6. The van der Waals surface area contributed by atoms with Gasteiger partial charge in [-0.15, -0.1) is 11.3 Å². The predicted octanol–water partition coefficient (Wildman–Crippen LogP) is 8.16. The zero-order valence-electron chi connectivity index (χ0n) is 22.3. The highest BCUT2D eigenvalue weighted by Gasteiger charge is 2.37. The normalized spacial score (nSPS) is 13.1. The molecule has 0 radical (unpaired) electrons. The van der Waals surface area contributed by atoms with Crippen molar-refractivity contribution in [3.8, 4) is 16.3 Å². The van der Waals surface area contributed by atoms with Gasteiger partial charge in [0, 0.05) is 22.8 Å². The summed E-state index contributed by atoms with van der Waals surface area (Å²) in [5.41, 5.74) is 3.55. The topological polar surface area (TPSA) is 62.1 Å². The lowest BCUT2D eigenvalue weighted by Crippen LogP contribution is -2.40. The first-order valence-corrected chi connectivity index (χ1v) is 16.2. The highest BCUT2D eigenvalue weighted by atomic mass is 35.5. The van der Waals surface area contributed by atoms with Crippen LogP contribution in [0.5, 0.6) is 5.75 Å². The smallest absolute Gasteiger partial charge is 0.351 e. The van der Waals surface area contributed by atoms with Crippen molar-refractivity contribution in [1.29, 1.82) is 0 Å². The van der Waals surface area contributed by atoms with Gasteiger partial charge in [-0.3, -0.25) is 4.40 Å². The van der Waals surface area contributed by atoms with Crippen LogP contribution in [0.15, 0.2) is 54.9 Å². The maximum absolute atomic E-state index is 12.6. The molecule has 0 amide bonds. The molecule has 1 aromatic carbocycles. The van der Waals surface area contributed by atoms with Gasteiger partial charge in [0.2, 0.25) is 0 Å². The molecule has 0 bridgehead atoms. The third-order valence-electron chi connectivity index (χ3n) is 6.95. The van der Waals surface area contributed by atoms with Gasteiger partial charge in [-0.2, -0.15) is 0 Å². The fourth-order valence-corrected chi connectivity index (χ4v) is 6.00. The molecule has 3 aromatic heterocycles. The van der Waals surface area contributed by atoms with Crippen LogP contribution in [0.1, 0.15) is 54.6 Å². The van der Waals surface area contributed by atoms with Gasteiger partial charge in [0.15, 0.2) is 13.2 Å². The number of carbonyl (C=O) groups is 1. The maximum atomic E-state index is 12.6. The van der Waals surface area contributed by atoms with Crippen molar-refractivity contribution < 1.29 is 18.7 Å². The first-order chi connectivity index (χ1) is 17.4. The van der Waals surface area contributed by atoms with E-state index in [0.717, 1.165) is 27.3 Å². The molecule has 37 heavy (non-hydrogen) atoms. The molecule has 4 aromatic rings. The predicted molar refractivity (Wildman–Crippen MR) is 152 cm³/mol. The van der Waals surface area contributed by atoms with E-state index in [1.165, 1.54) is 18.4 Å². The zero-order chi connectivity index (χ0) is 27.0. The van der Waals surface area contributed by atoms with Gasteiger partial charge >= 0.3 is 5.97 Å². The highest BCUT2D eigenvalue weighted by Crippen LogP contribution is 2.40. The Bertz CT molecular complexity index is 1420. The molecule has 4 rings (SSSR count). The lowest BCUT2D eigenvalue weighted by Gasteiger charge is -2.36. The summed E-state index contributed by atoms with van der Waals surface area (Å²) in [7, 11) is -0.501. The molecule has 0 fully saturated rings. The molecule has 1 atom stereocenters. The van der Waals surface area contributed by atoms with Crippen LogP contribution in [0.4, 0.5) is 0 Å². The van der Waals surface area contributed by atoms with Crippen LogP contribution in [0.25, 0.3) is 16.2 Å². The Labute approximate surface area is 228 Å². The van der Waals surface area contributed by atoms with Crippen molar-refractivity contribution in [1.82, 2.24) is 9.38 Å². The van der Waals surface area contributed by atoms with Gasteiger partial charge in [-0.1, -0.05) is 50.6 Å². The Morgan fingerprint density at radius 2 is 1.95 bits per heavy atom. The van der Waals surface area contributed by atoms with Gasteiger partial charge in [0.25, 0.3) is 0 Å². The maximum Gasteiger partial charge on any atom is 0.351 e. The molecule has 0 spiro atoms. The van der Waals surface area contributed by atoms with Crippen LogP contribution in [-0.2, 0) is 15.8 Å². The third-order valence-corrected chi connectivity index (χ3v) is 12.9. The zero-order valence-corrected chi connectivity index (χ0v) is 24.9. The average Bonchev–Trinajstić information content (AvgIpc) is 3.45. The van der Waals surface area contributed by atoms with E-state index in [1.807, 2.05) is 60.0 Å². The first kappa shape index (κ1) is 27.4. The molecule has 9 heteroatoms. The van der Waals surface area contributed by atoms with Crippen molar-refractivity contribution in [2.45, 2.75) is 58.5 Å². The van der Waals surface area contributed by atoms with Crippen LogP contribution in [-0.4, -0.2) is 30.8 Å². The second kappa shape index (κ2) is 10.6. The minimum Gasteiger partial charge on any atom is -0.484 e. The number of hydrogen-bond acceptors (Lipinski definition) is 6. The van der Waals surface area contributed by atoms with Crippen LogP contribution >= 0.6 is 22.9 Å². The number of aromatic nitrogens is 2. The summed E-state index contributed by atoms with van der Waals surface area (Å²) in [4.78, 5) is 18.3. The summed E-state index contributed by atoms with van der Waals surface area (Å²) in [6.45, 7) is 13.6. The van der Waals surface area contributed by atoms with Crippen LogP contribution < -0.4 is 4.74 Å². The molecule has 3 heterocycles. The van der Waals surface area contributed by atoms with Gasteiger partial charge in [0.05, 0.1) is 30.5 Å². The number of esters is 1. The Morgan fingerprint density at radius 1 is 1.19 bits per heavy atom. The highest BCUT2D eigenvalue weighted by molar-refractivity contribution is 7.17. The number of fused-ring (bicyclic) bond motifs is 1. The number of methoxy groups -OCH3 is 1. The van der Waals surface area contributed by atoms with Crippen molar-refractivity contribution in [3.63, 3.8) is 0 Å². The monoisotopic (exact) mass is 556 g/mol. The third kappa shape index (κ3) is 5.77. The average molecular weight is 557 g/mol. The number of halogens is 1. The van der Waals surface area contributed by atoms with E-state index in [9.17, 15) is 4.79 Å². The van der Waals surface area contributed by atoms with Crippen molar-refractivity contribution in [3.05, 3.63) is 75.9 Å². The molecule has 0 N–H and O–H groups in total. The lowest BCUT2D eigenvalue weighted by molar-refractivity contribution is 0.0600. The minimum atomic E-state index is -1.87. The number of nitrogens with zero attached hydrogens (tertiary/aromatic N) is 2. The number of hydrogen-bond donors (Lipinski definition) is 0. The second-order valence-corrected chi connectivity index (χ2v) is 16.8. The molecule has 0 aliphatic rings. The van der Waals surface area contributed by atoms with E-state index in [4.69, 9.17) is 25.5 Å². The second-order valence-electron chi connectivity index (χ2n) is 10.5. The van der Waals surface area contributed by atoms with Gasteiger partial charge < -0.3 is 13.9 Å². The van der Waals surface area contributed by atoms with Gasteiger partial charge in [-0.25, -0.2) is 9.78 Å². The fraction of sp³-hybridized carbons (Fsp3) is 0.357. The SMILES string of the molecule is COC(=O)c1sc(-c2cnc3ccccn23)cc1O[C@H](C)c1ccc(CO[Si](C)(C)C(C)(C)C)cc1Cl. The first-order valence-electron chi connectivity index (χ1n) is 12.1. The number of ether oxygens (including phenoxy) is 2. The number of pyridine rings is 1. The Kier molecular flexibility index (Phi) is 7.85. The number of thiophene rings is 1. The van der Waals surface area contributed by atoms with E-state index < -0.39 is 20.4 Å². The van der Waals surface area contributed by atoms with E-state index >= 15 is 0 Å². The summed E-state index contributed by atoms with van der Waals surface area (Å²) >= 11 is 8.00. The summed E-state index contributed by atoms with van der Waals surface area (Å²) in [5, 5.41) is 0.736. The molecule has 0 aliphatic carbocycles. The lowest BCUT2D eigenvalue weighted by atomic mass is 10.1. The fourth-order valence-electron chi connectivity index (χ4n) is 3.66. The summed E-state index contributed by atoms with van der Waals surface area (Å²) in [6.07, 6.45) is 3.33. The molecule has 196 valence electrons. The van der Waals surface area contributed by atoms with Crippen LogP contribution in [0.2, 0.25) is 23.2 Å². The Morgan fingerprint density at radius 3 is 2.62 bits per heavy atom. The van der Waals surface area contributed by atoms with Crippen LogP contribution in [0, 0.1) is 0 Å². The van der Waals surface area contributed by atoms with Crippen LogP contribution in [0.3, 0.4) is 0 Å². The quantitative estimate of drug-likeness (QED) is 0.162. The summed E-state index contributed by atoms with van der Waals surface area (Å²) in [6, 6.07) is 13.6. The number of carbonyl (C=O) groups excluding carboxylic acids is 1.